The first-order valence-electron chi connectivity index (χ1n) is 4.41. The number of carbonyl (C=O) groups excluding carboxylic acids is 1. The Bertz CT molecular complexity index is 376. The molecule has 0 saturated heterocycles. The summed E-state index contributed by atoms with van der Waals surface area (Å²) in [4.78, 5) is 11.5. The molecule has 0 aromatic heterocycles. The Labute approximate surface area is 91.7 Å². The molecule has 1 aromatic carbocycles. The number of carbonyl (C=O) groups is 1. The Morgan fingerprint density at radius 2 is 1.87 bits per heavy atom. The topological polar surface area (TPSA) is 77.8 Å². The number of phenols is 3. The second-order valence-electron chi connectivity index (χ2n) is 3.05. The van der Waals surface area contributed by atoms with Crippen LogP contribution in [0.1, 0.15) is 23.2 Å². The average Bonchev–Trinajstić information content (AvgIpc) is 2.23. The molecule has 0 saturated carbocycles. The van der Waals surface area contributed by atoms with Crippen molar-refractivity contribution in [2.45, 2.75) is 12.8 Å². The lowest BCUT2D eigenvalue weighted by Crippen LogP contribution is -1.99. The molecule has 0 amide bonds. The van der Waals surface area contributed by atoms with Gasteiger partial charge in [-0.2, -0.15) is 0 Å². The van der Waals surface area contributed by atoms with E-state index in [-0.39, 0.29) is 17.8 Å². The van der Waals surface area contributed by atoms with Gasteiger partial charge < -0.3 is 15.3 Å². The molecule has 5 heteroatoms. The number of alkyl halides is 1. The van der Waals surface area contributed by atoms with Gasteiger partial charge in [-0.25, -0.2) is 0 Å². The lowest BCUT2D eigenvalue weighted by Gasteiger charge is -2.06. The highest BCUT2D eigenvalue weighted by molar-refractivity contribution is 6.18. The molecular formula is C10H11ClO4. The third kappa shape index (κ3) is 2.53. The van der Waals surface area contributed by atoms with E-state index in [1.54, 1.807) is 0 Å². The Hall–Kier alpha value is -1.42. The first-order valence-corrected chi connectivity index (χ1v) is 4.94. The van der Waals surface area contributed by atoms with Crippen LogP contribution in [-0.2, 0) is 0 Å². The zero-order chi connectivity index (χ0) is 11.4. The smallest absolute Gasteiger partial charge is 0.201 e. The maximum Gasteiger partial charge on any atom is 0.201 e. The summed E-state index contributed by atoms with van der Waals surface area (Å²) in [6.45, 7) is 0. The number of ketones is 1. The molecule has 3 N–H and O–H groups in total. The van der Waals surface area contributed by atoms with Crippen molar-refractivity contribution >= 4 is 17.4 Å². The summed E-state index contributed by atoms with van der Waals surface area (Å²) < 4.78 is 0. The Morgan fingerprint density at radius 3 is 2.47 bits per heavy atom. The van der Waals surface area contributed by atoms with Gasteiger partial charge in [0.25, 0.3) is 0 Å². The van der Waals surface area contributed by atoms with Crippen LogP contribution in [0, 0.1) is 0 Å². The Morgan fingerprint density at radius 1 is 1.20 bits per heavy atom. The third-order valence-corrected chi connectivity index (χ3v) is 2.24. The van der Waals surface area contributed by atoms with Crippen molar-refractivity contribution in [2.24, 2.45) is 0 Å². The fourth-order valence-corrected chi connectivity index (χ4v) is 1.29. The van der Waals surface area contributed by atoms with Gasteiger partial charge in [0.05, 0.1) is 5.56 Å². The predicted octanol–water partition coefficient (Wildman–Crippen LogP) is 2.01. The average molecular weight is 231 g/mol. The van der Waals surface area contributed by atoms with E-state index in [9.17, 15) is 15.0 Å². The van der Waals surface area contributed by atoms with Gasteiger partial charge in [-0.15, -0.1) is 11.6 Å². The third-order valence-electron chi connectivity index (χ3n) is 1.97. The first-order chi connectivity index (χ1) is 7.07. The molecule has 1 rings (SSSR count). The monoisotopic (exact) mass is 230 g/mol. The minimum Gasteiger partial charge on any atom is -0.504 e. The number of benzene rings is 1. The van der Waals surface area contributed by atoms with Crippen molar-refractivity contribution in [1.82, 2.24) is 0 Å². The van der Waals surface area contributed by atoms with E-state index in [4.69, 9.17) is 16.7 Å². The van der Waals surface area contributed by atoms with Crippen LogP contribution in [0.25, 0.3) is 0 Å². The van der Waals surface area contributed by atoms with Crippen LogP contribution in [0.4, 0.5) is 0 Å². The van der Waals surface area contributed by atoms with E-state index in [1.807, 2.05) is 0 Å². The van der Waals surface area contributed by atoms with E-state index in [1.165, 1.54) is 6.07 Å². The molecule has 0 fully saturated rings. The van der Waals surface area contributed by atoms with Crippen molar-refractivity contribution in [1.29, 1.82) is 0 Å². The molecule has 0 bridgehead atoms. The Balaban J connectivity index is 2.95. The summed E-state index contributed by atoms with van der Waals surface area (Å²) in [6, 6.07) is 2.42. The van der Waals surface area contributed by atoms with Gasteiger partial charge in [0.15, 0.2) is 17.3 Å². The van der Waals surface area contributed by atoms with Crippen LogP contribution in [0.5, 0.6) is 17.2 Å². The van der Waals surface area contributed by atoms with Crippen molar-refractivity contribution in [3.8, 4) is 17.2 Å². The molecule has 0 spiro atoms. The number of hydrogen-bond acceptors (Lipinski definition) is 4. The van der Waals surface area contributed by atoms with Gasteiger partial charge >= 0.3 is 0 Å². The van der Waals surface area contributed by atoms with Gasteiger partial charge in [-0.3, -0.25) is 4.79 Å². The summed E-state index contributed by atoms with van der Waals surface area (Å²) >= 11 is 5.43. The van der Waals surface area contributed by atoms with Gasteiger partial charge in [-0.1, -0.05) is 0 Å². The van der Waals surface area contributed by atoms with Gasteiger partial charge in [0.2, 0.25) is 5.75 Å². The highest BCUT2D eigenvalue weighted by Crippen LogP contribution is 2.37. The summed E-state index contributed by atoms with van der Waals surface area (Å²) in [5.74, 6) is -1.68. The molecule has 82 valence electrons. The molecule has 0 aliphatic rings. The second kappa shape index (κ2) is 4.89. The van der Waals surface area contributed by atoms with Crippen molar-refractivity contribution in [3.63, 3.8) is 0 Å². The van der Waals surface area contributed by atoms with Gasteiger partial charge in [0, 0.05) is 12.3 Å². The van der Waals surface area contributed by atoms with E-state index < -0.39 is 17.2 Å². The molecule has 15 heavy (non-hydrogen) atoms. The minimum atomic E-state index is -0.674. The quantitative estimate of drug-likeness (QED) is 0.420. The number of hydrogen-bond donors (Lipinski definition) is 3. The van der Waals surface area contributed by atoms with E-state index in [0.29, 0.717) is 12.3 Å². The normalized spacial score (nSPS) is 10.2. The van der Waals surface area contributed by atoms with Crippen LogP contribution < -0.4 is 0 Å². The number of halogens is 1. The summed E-state index contributed by atoms with van der Waals surface area (Å²) in [6.07, 6.45) is 0.697. The zero-order valence-corrected chi connectivity index (χ0v) is 8.66. The van der Waals surface area contributed by atoms with Crippen molar-refractivity contribution in [2.75, 3.05) is 5.88 Å². The van der Waals surface area contributed by atoms with E-state index >= 15 is 0 Å². The standard InChI is InChI=1S/C10H11ClO4/c11-5-1-2-7(12)6-3-4-8(13)10(15)9(6)14/h3-4,13-15H,1-2,5H2. The number of aromatic hydroxyl groups is 3. The molecular weight excluding hydrogens is 220 g/mol. The largest absolute Gasteiger partial charge is 0.504 e. The van der Waals surface area contributed by atoms with E-state index in [2.05, 4.69) is 0 Å². The fraction of sp³-hybridized carbons (Fsp3) is 0.300. The zero-order valence-electron chi connectivity index (χ0n) is 7.90. The van der Waals surface area contributed by atoms with Crippen LogP contribution in [0.3, 0.4) is 0 Å². The number of Topliss-reactive ketones (excluding diaryl/α,β-unsaturated/α-hetero) is 1. The predicted molar refractivity (Wildman–Crippen MR) is 55.7 cm³/mol. The molecule has 0 unspecified atom stereocenters. The van der Waals surface area contributed by atoms with Crippen LogP contribution >= 0.6 is 11.6 Å². The first kappa shape index (κ1) is 11.7. The SMILES string of the molecule is O=C(CCCCl)c1ccc(O)c(O)c1O. The maximum absolute atomic E-state index is 11.5. The molecule has 0 aliphatic heterocycles. The molecule has 0 radical (unpaired) electrons. The summed E-state index contributed by atoms with van der Waals surface area (Å²) in [5, 5.41) is 27.6. The summed E-state index contributed by atoms with van der Waals surface area (Å²) in [5.41, 5.74) is -0.00424. The van der Waals surface area contributed by atoms with Crippen LogP contribution in [-0.4, -0.2) is 27.0 Å². The number of rotatable bonds is 4. The molecule has 1 aromatic rings. The molecule has 0 aliphatic carbocycles. The summed E-state index contributed by atoms with van der Waals surface area (Å²) in [7, 11) is 0. The minimum absolute atomic E-state index is 0.00424. The highest BCUT2D eigenvalue weighted by atomic mass is 35.5. The second-order valence-corrected chi connectivity index (χ2v) is 3.42. The molecule has 0 atom stereocenters. The van der Waals surface area contributed by atoms with Crippen LogP contribution in [0.2, 0.25) is 0 Å². The van der Waals surface area contributed by atoms with E-state index in [0.717, 1.165) is 6.07 Å². The van der Waals surface area contributed by atoms with Crippen molar-refractivity contribution in [3.05, 3.63) is 17.7 Å². The molecule has 4 nitrogen and oxygen atoms in total. The van der Waals surface area contributed by atoms with Crippen LogP contribution in [0.15, 0.2) is 12.1 Å². The van der Waals surface area contributed by atoms with Crippen molar-refractivity contribution < 1.29 is 20.1 Å². The van der Waals surface area contributed by atoms with Gasteiger partial charge in [-0.05, 0) is 18.6 Å². The molecule has 0 heterocycles. The van der Waals surface area contributed by atoms with Gasteiger partial charge in [0.1, 0.15) is 0 Å². The number of phenolic OH excluding ortho intramolecular Hbond substituents is 3. The fourth-order valence-electron chi connectivity index (χ4n) is 1.16. The maximum atomic E-state index is 11.5. The lowest BCUT2D eigenvalue weighted by atomic mass is 10.1. The highest BCUT2D eigenvalue weighted by Gasteiger charge is 2.16. The lowest BCUT2D eigenvalue weighted by molar-refractivity contribution is 0.0978. The Kier molecular flexibility index (Phi) is 3.80.